The number of ether oxygens (including phenoxy) is 2. The van der Waals surface area contributed by atoms with Crippen molar-refractivity contribution in [2.45, 2.75) is 44.8 Å². The fourth-order valence-electron chi connectivity index (χ4n) is 4.66. The van der Waals surface area contributed by atoms with Crippen LogP contribution in [0.1, 0.15) is 44.2 Å². The van der Waals surface area contributed by atoms with Gasteiger partial charge in [0.1, 0.15) is 17.9 Å². The summed E-state index contributed by atoms with van der Waals surface area (Å²) in [6.45, 7) is 5.13. The van der Waals surface area contributed by atoms with E-state index in [0.717, 1.165) is 42.5 Å². The van der Waals surface area contributed by atoms with Gasteiger partial charge in [-0.1, -0.05) is 36.4 Å². The second kappa shape index (κ2) is 12.4. The number of likely N-dealkylation sites (N-methyl/N-ethyl adjacent to an activating group) is 1. The van der Waals surface area contributed by atoms with Crippen molar-refractivity contribution in [1.29, 1.82) is 0 Å². The maximum absolute atomic E-state index is 12.9. The Morgan fingerprint density at radius 3 is 2.82 bits per heavy atom. The Balaban J connectivity index is 1.31. The Hall–Kier alpha value is -3.49. The zero-order chi connectivity index (χ0) is 26.3. The summed E-state index contributed by atoms with van der Waals surface area (Å²) in [6, 6.07) is 14.1. The minimum atomic E-state index is -0.199. The summed E-state index contributed by atoms with van der Waals surface area (Å²) >= 11 is 0. The first-order valence-corrected chi connectivity index (χ1v) is 13.6. The monoisotopic (exact) mass is 515 g/mol. The Morgan fingerprint density at radius 1 is 1.21 bits per heavy atom. The number of anilines is 2. The van der Waals surface area contributed by atoms with Crippen LogP contribution in [-0.2, 0) is 9.53 Å². The predicted molar refractivity (Wildman–Crippen MR) is 150 cm³/mol. The number of amides is 1. The van der Waals surface area contributed by atoms with Gasteiger partial charge in [0.15, 0.2) is 0 Å². The maximum Gasteiger partial charge on any atom is 0.248 e. The second-order valence-corrected chi connectivity index (χ2v) is 10.4. The minimum absolute atomic E-state index is 0.0488. The quantitative estimate of drug-likeness (QED) is 0.321. The van der Waals surface area contributed by atoms with Crippen LogP contribution in [0.2, 0.25) is 0 Å². The van der Waals surface area contributed by atoms with Gasteiger partial charge in [0.2, 0.25) is 5.91 Å². The highest BCUT2D eigenvalue weighted by molar-refractivity contribution is 6.03. The van der Waals surface area contributed by atoms with Crippen molar-refractivity contribution in [3.63, 3.8) is 0 Å². The normalized spacial score (nSPS) is 18.2. The number of carbonyl (C=O) groups excluding carboxylic acids is 1. The summed E-state index contributed by atoms with van der Waals surface area (Å²) in [5.41, 5.74) is 2.54. The van der Waals surface area contributed by atoms with Crippen molar-refractivity contribution in [1.82, 2.24) is 14.9 Å². The molecule has 2 N–H and O–H groups in total. The molecule has 1 aliphatic heterocycles. The molecule has 2 fully saturated rings. The predicted octanol–water partition coefficient (Wildman–Crippen LogP) is 5.20. The lowest BCUT2D eigenvalue weighted by Crippen LogP contribution is -2.28. The highest BCUT2D eigenvalue weighted by Crippen LogP contribution is 2.36. The average Bonchev–Trinajstić information content (AvgIpc) is 3.62. The first-order valence-electron chi connectivity index (χ1n) is 13.6. The van der Waals surface area contributed by atoms with Crippen LogP contribution in [0.3, 0.4) is 0 Å². The standard InChI is InChI=1S/C30H37N5O3/c1-21(23-8-4-3-5-9-23)33-30-25-16-27(28(38-19-22-12-13-22)17-26(25)31-20-32-30)34-29(36)11-6-14-35(2)18-24-10-7-15-37-24/h3-6,8-9,11,16-17,20-22,24H,7,10,12-15,18-19H2,1-2H3,(H,34,36)(H,31,32,33)/b11-6+/t21-,24?/m1/s1. The molecule has 3 aromatic rings. The fourth-order valence-corrected chi connectivity index (χ4v) is 4.66. The van der Waals surface area contributed by atoms with Crippen LogP contribution < -0.4 is 15.4 Å². The zero-order valence-corrected chi connectivity index (χ0v) is 22.2. The Morgan fingerprint density at radius 2 is 2.05 bits per heavy atom. The molecule has 0 bridgehead atoms. The van der Waals surface area contributed by atoms with Gasteiger partial charge in [0.05, 0.1) is 23.9 Å². The van der Waals surface area contributed by atoms with Gasteiger partial charge >= 0.3 is 0 Å². The summed E-state index contributed by atoms with van der Waals surface area (Å²) in [5.74, 6) is 1.72. The molecule has 38 heavy (non-hydrogen) atoms. The van der Waals surface area contributed by atoms with Gasteiger partial charge in [0.25, 0.3) is 0 Å². The van der Waals surface area contributed by atoms with Crippen molar-refractivity contribution in [3.8, 4) is 5.75 Å². The SMILES string of the molecule is C[C@@H](Nc1ncnc2cc(OCC3CC3)c(NC(=O)/C=C/CN(C)CC3CCCO3)cc12)c1ccccc1. The summed E-state index contributed by atoms with van der Waals surface area (Å²) in [4.78, 5) is 24.0. The van der Waals surface area contributed by atoms with E-state index in [2.05, 4.69) is 44.6 Å². The van der Waals surface area contributed by atoms with Crippen LogP contribution in [0.25, 0.3) is 10.9 Å². The maximum atomic E-state index is 12.9. The van der Waals surface area contributed by atoms with E-state index >= 15 is 0 Å². The number of hydrogen-bond donors (Lipinski definition) is 2. The number of nitrogens with zero attached hydrogens (tertiary/aromatic N) is 3. The number of rotatable bonds is 12. The van der Waals surface area contributed by atoms with Gasteiger partial charge in [0, 0.05) is 43.3 Å². The lowest BCUT2D eigenvalue weighted by Gasteiger charge is -2.18. The second-order valence-electron chi connectivity index (χ2n) is 10.4. The van der Waals surface area contributed by atoms with Crippen molar-refractivity contribution in [3.05, 3.63) is 66.5 Å². The van der Waals surface area contributed by atoms with Crippen molar-refractivity contribution >= 4 is 28.3 Å². The Kier molecular flexibility index (Phi) is 8.51. The molecule has 1 saturated carbocycles. The molecule has 200 valence electrons. The molecule has 8 nitrogen and oxygen atoms in total. The Labute approximate surface area is 224 Å². The van der Waals surface area contributed by atoms with Crippen LogP contribution in [0, 0.1) is 5.92 Å². The molecule has 1 aromatic heterocycles. The smallest absolute Gasteiger partial charge is 0.248 e. The molecule has 2 aromatic carbocycles. The van der Waals surface area contributed by atoms with E-state index in [1.165, 1.54) is 12.8 Å². The zero-order valence-electron chi connectivity index (χ0n) is 22.2. The minimum Gasteiger partial charge on any atom is -0.491 e. The molecule has 1 amide bonds. The number of fused-ring (bicyclic) bond motifs is 1. The molecule has 2 aliphatic rings. The van der Waals surface area contributed by atoms with Crippen molar-refractivity contribution < 1.29 is 14.3 Å². The van der Waals surface area contributed by atoms with E-state index in [-0.39, 0.29) is 11.9 Å². The molecule has 1 aliphatic carbocycles. The number of benzene rings is 2. The first-order chi connectivity index (χ1) is 18.5. The number of carbonyl (C=O) groups is 1. The number of hydrogen-bond acceptors (Lipinski definition) is 7. The molecule has 2 heterocycles. The van der Waals surface area contributed by atoms with Crippen molar-refractivity contribution in [2.24, 2.45) is 5.92 Å². The Bertz CT molecular complexity index is 1260. The van der Waals surface area contributed by atoms with Gasteiger partial charge < -0.3 is 25.0 Å². The van der Waals surface area contributed by atoms with E-state index in [4.69, 9.17) is 9.47 Å². The van der Waals surface area contributed by atoms with Gasteiger partial charge in [-0.15, -0.1) is 0 Å². The van der Waals surface area contributed by atoms with E-state index in [9.17, 15) is 4.79 Å². The largest absolute Gasteiger partial charge is 0.491 e. The summed E-state index contributed by atoms with van der Waals surface area (Å²) < 4.78 is 11.8. The third-order valence-electron chi connectivity index (χ3n) is 7.04. The highest BCUT2D eigenvalue weighted by Gasteiger charge is 2.23. The molecule has 1 saturated heterocycles. The van der Waals surface area contributed by atoms with Crippen LogP contribution >= 0.6 is 0 Å². The molecule has 2 atom stereocenters. The van der Waals surface area contributed by atoms with E-state index in [1.807, 2.05) is 43.5 Å². The molecule has 1 unspecified atom stereocenters. The number of aromatic nitrogens is 2. The van der Waals surface area contributed by atoms with E-state index < -0.39 is 0 Å². The highest BCUT2D eigenvalue weighted by atomic mass is 16.5. The van der Waals surface area contributed by atoms with Crippen LogP contribution in [0.5, 0.6) is 5.75 Å². The molecular formula is C30H37N5O3. The molecule has 0 spiro atoms. The summed E-state index contributed by atoms with van der Waals surface area (Å²) in [7, 11) is 2.04. The van der Waals surface area contributed by atoms with Crippen LogP contribution in [-0.4, -0.2) is 60.2 Å². The van der Waals surface area contributed by atoms with Crippen LogP contribution in [0.4, 0.5) is 11.5 Å². The van der Waals surface area contributed by atoms with E-state index in [1.54, 1.807) is 12.4 Å². The third kappa shape index (κ3) is 7.08. The molecule has 8 heteroatoms. The third-order valence-corrected chi connectivity index (χ3v) is 7.04. The summed E-state index contributed by atoms with van der Waals surface area (Å²) in [6.07, 6.45) is 9.91. The van der Waals surface area contributed by atoms with Gasteiger partial charge in [-0.2, -0.15) is 0 Å². The van der Waals surface area contributed by atoms with Gasteiger partial charge in [-0.3, -0.25) is 4.79 Å². The van der Waals surface area contributed by atoms with Crippen molar-refractivity contribution in [2.75, 3.05) is 44.0 Å². The average molecular weight is 516 g/mol. The summed E-state index contributed by atoms with van der Waals surface area (Å²) in [5, 5.41) is 7.36. The van der Waals surface area contributed by atoms with Crippen LogP contribution in [0.15, 0.2) is 60.9 Å². The van der Waals surface area contributed by atoms with Gasteiger partial charge in [-0.05, 0) is 57.2 Å². The lowest BCUT2D eigenvalue weighted by atomic mass is 10.1. The number of nitrogens with one attached hydrogen (secondary N) is 2. The molecular weight excluding hydrogens is 478 g/mol. The van der Waals surface area contributed by atoms with E-state index in [0.29, 0.717) is 42.4 Å². The topological polar surface area (TPSA) is 88.6 Å². The molecule has 5 rings (SSSR count). The van der Waals surface area contributed by atoms with Gasteiger partial charge in [-0.25, -0.2) is 9.97 Å². The lowest BCUT2D eigenvalue weighted by molar-refractivity contribution is -0.111. The fraction of sp³-hybridized carbons (Fsp3) is 0.433. The first kappa shape index (κ1) is 26.1. The molecule has 0 radical (unpaired) electrons.